The van der Waals surface area contributed by atoms with Gasteiger partial charge < -0.3 is 15.4 Å². The Bertz CT molecular complexity index is 235. The van der Waals surface area contributed by atoms with E-state index in [4.69, 9.17) is 4.74 Å². The fourth-order valence-electron chi connectivity index (χ4n) is 2.09. The molecule has 2 fully saturated rings. The number of amides is 1. The first kappa shape index (κ1) is 11.9. The Labute approximate surface area is 97.1 Å². The van der Waals surface area contributed by atoms with Crippen LogP contribution in [0.3, 0.4) is 0 Å². The lowest BCUT2D eigenvalue weighted by molar-refractivity contribution is -0.122. The maximum Gasteiger partial charge on any atom is 0.221 e. The minimum absolute atomic E-state index is 0.135. The van der Waals surface area contributed by atoms with Gasteiger partial charge in [-0.2, -0.15) is 0 Å². The van der Waals surface area contributed by atoms with Crippen LogP contribution in [0.4, 0.5) is 0 Å². The largest absolute Gasteiger partial charge is 0.376 e. The number of hydrogen-bond donors (Lipinski definition) is 2. The van der Waals surface area contributed by atoms with E-state index >= 15 is 0 Å². The van der Waals surface area contributed by atoms with Gasteiger partial charge in [0.2, 0.25) is 5.91 Å². The number of ether oxygens (including phenoxy) is 1. The van der Waals surface area contributed by atoms with Crippen molar-refractivity contribution < 1.29 is 9.53 Å². The van der Waals surface area contributed by atoms with E-state index in [9.17, 15) is 4.79 Å². The molecule has 92 valence electrons. The molecule has 0 radical (unpaired) electrons. The van der Waals surface area contributed by atoms with E-state index in [0.717, 1.165) is 26.0 Å². The number of nitrogens with one attached hydrogen (secondary N) is 2. The van der Waals surface area contributed by atoms with Gasteiger partial charge in [-0.05, 0) is 32.6 Å². The molecule has 4 heteroatoms. The van der Waals surface area contributed by atoms with Crippen LogP contribution in [-0.2, 0) is 9.53 Å². The van der Waals surface area contributed by atoms with Crippen molar-refractivity contribution in [2.24, 2.45) is 0 Å². The zero-order valence-corrected chi connectivity index (χ0v) is 10.00. The molecule has 0 spiro atoms. The van der Waals surface area contributed by atoms with Gasteiger partial charge in [0.1, 0.15) is 0 Å². The molecule has 0 aromatic carbocycles. The van der Waals surface area contributed by atoms with Gasteiger partial charge in [-0.1, -0.05) is 0 Å². The highest BCUT2D eigenvalue weighted by Gasteiger charge is 2.24. The van der Waals surface area contributed by atoms with E-state index in [1.54, 1.807) is 0 Å². The Hall–Kier alpha value is -0.610. The molecule has 16 heavy (non-hydrogen) atoms. The SMILES string of the molecule is CC(NC(=O)CCNC1CC1)C1CCCO1. The normalized spacial score (nSPS) is 26.7. The summed E-state index contributed by atoms with van der Waals surface area (Å²) in [5.74, 6) is 0.135. The molecular weight excluding hydrogens is 204 g/mol. The quantitative estimate of drug-likeness (QED) is 0.705. The molecule has 2 aliphatic rings. The number of carbonyl (C=O) groups excluding carboxylic acids is 1. The Morgan fingerprint density at radius 1 is 1.44 bits per heavy atom. The monoisotopic (exact) mass is 226 g/mol. The second-order valence-electron chi connectivity index (χ2n) is 4.89. The molecule has 0 aromatic rings. The van der Waals surface area contributed by atoms with E-state index in [2.05, 4.69) is 10.6 Å². The Morgan fingerprint density at radius 2 is 2.25 bits per heavy atom. The molecule has 1 heterocycles. The lowest BCUT2D eigenvalue weighted by atomic mass is 10.1. The van der Waals surface area contributed by atoms with Crippen molar-refractivity contribution in [3.05, 3.63) is 0 Å². The van der Waals surface area contributed by atoms with Gasteiger partial charge in [-0.15, -0.1) is 0 Å². The third-order valence-electron chi connectivity index (χ3n) is 3.27. The van der Waals surface area contributed by atoms with Crippen LogP contribution in [0.5, 0.6) is 0 Å². The Morgan fingerprint density at radius 3 is 2.88 bits per heavy atom. The fraction of sp³-hybridized carbons (Fsp3) is 0.917. The summed E-state index contributed by atoms with van der Waals surface area (Å²) in [7, 11) is 0. The minimum atomic E-state index is 0.135. The third kappa shape index (κ3) is 3.76. The smallest absolute Gasteiger partial charge is 0.221 e. The predicted octanol–water partition coefficient (Wildman–Crippen LogP) is 0.812. The van der Waals surface area contributed by atoms with Gasteiger partial charge in [0.05, 0.1) is 12.1 Å². The topological polar surface area (TPSA) is 50.4 Å². The summed E-state index contributed by atoms with van der Waals surface area (Å²) in [5, 5.41) is 6.35. The first-order valence-electron chi connectivity index (χ1n) is 6.40. The molecule has 1 saturated heterocycles. The molecule has 1 aliphatic heterocycles. The summed E-state index contributed by atoms with van der Waals surface area (Å²) < 4.78 is 5.54. The number of hydrogen-bond acceptors (Lipinski definition) is 3. The van der Waals surface area contributed by atoms with Crippen LogP contribution in [0.1, 0.15) is 39.0 Å². The molecule has 0 bridgehead atoms. The van der Waals surface area contributed by atoms with Crippen molar-refractivity contribution in [2.75, 3.05) is 13.2 Å². The second kappa shape index (κ2) is 5.64. The summed E-state index contributed by atoms with van der Waals surface area (Å²) in [6.07, 6.45) is 5.53. The van der Waals surface area contributed by atoms with Crippen LogP contribution in [-0.4, -0.2) is 37.2 Å². The fourth-order valence-corrected chi connectivity index (χ4v) is 2.09. The lowest BCUT2D eigenvalue weighted by Crippen LogP contribution is -2.41. The van der Waals surface area contributed by atoms with Gasteiger partial charge >= 0.3 is 0 Å². The molecule has 2 rings (SSSR count). The van der Waals surface area contributed by atoms with Crippen LogP contribution < -0.4 is 10.6 Å². The summed E-state index contributed by atoms with van der Waals surface area (Å²) in [5.41, 5.74) is 0. The highest BCUT2D eigenvalue weighted by molar-refractivity contribution is 5.76. The second-order valence-corrected chi connectivity index (χ2v) is 4.89. The lowest BCUT2D eigenvalue weighted by Gasteiger charge is -2.19. The van der Waals surface area contributed by atoms with E-state index in [-0.39, 0.29) is 18.1 Å². The third-order valence-corrected chi connectivity index (χ3v) is 3.27. The summed E-state index contributed by atoms with van der Waals surface area (Å²) >= 11 is 0. The average molecular weight is 226 g/mol. The number of rotatable bonds is 6. The predicted molar refractivity (Wildman–Crippen MR) is 62.2 cm³/mol. The zero-order valence-electron chi connectivity index (χ0n) is 10.00. The minimum Gasteiger partial charge on any atom is -0.376 e. The van der Waals surface area contributed by atoms with Gasteiger partial charge in [-0.25, -0.2) is 0 Å². The van der Waals surface area contributed by atoms with Crippen molar-refractivity contribution in [1.29, 1.82) is 0 Å². The van der Waals surface area contributed by atoms with Crippen LogP contribution in [0, 0.1) is 0 Å². The summed E-state index contributed by atoms with van der Waals surface area (Å²) in [4.78, 5) is 11.6. The van der Waals surface area contributed by atoms with Gasteiger partial charge in [0.25, 0.3) is 0 Å². The Kier molecular flexibility index (Phi) is 4.18. The van der Waals surface area contributed by atoms with E-state index in [0.29, 0.717) is 12.5 Å². The van der Waals surface area contributed by atoms with E-state index in [1.165, 1.54) is 12.8 Å². The van der Waals surface area contributed by atoms with Crippen LogP contribution in [0.15, 0.2) is 0 Å². The van der Waals surface area contributed by atoms with Crippen LogP contribution in [0.25, 0.3) is 0 Å². The van der Waals surface area contributed by atoms with Gasteiger partial charge in [0.15, 0.2) is 0 Å². The van der Waals surface area contributed by atoms with Crippen molar-refractivity contribution >= 4 is 5.91 Å². The molecular formula is C12H22N2O2. The number of carbonyl (C=O) groups is 1. The first-order valence-corrected chi connectivity index (χ1v) is 6.40. The molecule has 1 amide bonds. The van der Waals surface area contributed by atoms with Crippen molar-refractivity contribution in [1.82, 2.24) is 10.6 Å². The molecule has 1 aliphatic carbocycles. The van der Waals surface area contributed by atoms with Crippen molar-refractivity contribution in [3.63, 3.8) is 0 Å². The van der Waals surface area contributed by atoms with E-state index in [1.807, 2.05) is 6.92 Å². The highest BCUT2D eigenvalue weighted by Crippen LogP contribution is 2.18. The van der Waals surface area contributed by atoms with Gasteiger partial charge in [0, 0.05) is 25.6 Å². The standard InChI is InChI=1S/C12H22N2O2/c1-9(11-3-2-8-16-11)14-12(15)6-7-13-10-4-5-10/h9-11,13H,2-8H2,1H3,(H,14,15). The molecule has 1 saturated carbocycles. The first-order chi connectivity index (χ1) is 7.75. The zero-order chi connectivity index (χ0) is 11.4. The maximum atomic E-state index is 11.6. The maximum absolute atomic E-state index is 11.6. The van der Waals surface area contributed by atoms with Crippen molar-refractivity contribution in [2.45, 2.75) is 57.2 Å². The molecule has 0 aromatic heterocycles. The van der Waals surface area contributed by atoms with Crippen LogP contribution >= 0.6 is 0 Å². The van der Waals surface area contributed by atoms with Gasteiger partial charge in [-0.3, -0.25) is 4.79 Å². The molecule has 2 atom stereocenters. The average Bonchev–Trinajstić information content (AvgIpc) is 2.91. The molecule has 4 nitrogen and oxygen atoms in total. The van der Waals surface area contributed by atoms with E-state index < -0.39 is 0 Å². The van der Waals surface area contributed by atoms with Crippen LogP contribution in [0.2, 0.25) is 0 Å². The van der Waals surface area contributed by atoms with Crippen molar-refractivity contribution in [3.8, 4) is 0 Å². The highest BCUT2D eigenvalue weighted by atomic mass is 16.5. The summed E-state index contributed by atoms with van der Waals surface area (Å²) in [6.45, 7) is 3.67. The molecule has 2 N–H and O–H groups in total. The summed E-state index contributed by atoms with van der Waals surface area (Å²) in [6, 6.07) is 0.833. The Balaban J connectivity index is 1.57. The molecule has 2 unspecified atom stereocenters.